The number of nitrogens with two attached hydrogens (primary N) is 1. The number of hydrogen-bond donors (Lipinski definition) is 3. The average Bonchev–Trinajstić information content (AvgIpc) is 2.61. The Morgan fingerprint density at radius 1 is 0.630 bits per heavy atom. The Morgan fingerprint density at radius 2 is 1.00 bits per heavy atom. The maximum absolute atomic E-state index is 5.66. The zero-order valence-electron chi connectivity index (χ0n) is 16.4. The molecule has 0 aliphatic carbocycles. The molecule has 0 bridgehead atoms. The van der Waals surface area contributed by atoms with E-state index >= 15 is 0 Å². The minimum atomic E-state index is 0.0753. The van der Waals surface area contributed by atoms with Crippen LogP contribution < -0.4 is 26.8 Å². The van der Waals surface area contributed by atoms with Gasteiger partial charge in [-0.25, -0.2) is 0 Å². The molecule has 27 heavy (non-hydrogen) atoms. The second-order valence-corrected chi connectivity index (χ2v) is 7.52. The average molecular weight is 360 g/mol. The summed E-state index contributed by atoms with van der Waals surface area (Å²) in [6.45, 7) is 13.9. The lowest BCUT2D eigenvalue weighted by atomic mass is 10.1. The number of rotatable bonds is 3. The standard InChI is InChI=1S/C16H21N3.C8H8/c1-16(2,3)19-15-10-8-14(9-11-15)18-13-6-4-12(17)5-7-13;1-7-3-5-8(2)6-4-7/h4-11,18-19H,17H2,1-3H3;3-6H,1-2H2. The van der Waals surface area contributed by atoms with Gasteiger partial charge in [0.1, 0.15) is 0 Å². The first kappa shape index (κ1) is 20.1. The number of nitrogen functional groups attached to an aromatic ring is 1. The SMILES string of the molecule is C=c1ccc(=C)cc1.CC(C)(C)Nc1ccc(Nc2ccc(N)cc2)cc1. The van der Waals surface area contributed by atoms with E-state index in [9.17, 15) is 0 Å². The first-order valence-corrected chi connectivity index (χ1v) is 8.96. The van der Waals surface area contributed by atoms with Crippen molar-refractivity contribution in [2.24, 2.45) is 0 Å². The molecule has 0 radical (unpaired) electrons. The van der Waals surface area contributed by atoms with Crippen molar-refractivity contribution in [2.75, 3.05) is 16.4 Å². The maximum Gasteiger partial charge on any atom is 0.0385 e. The molecule has 0 heterocycles. The van der Waals surface area contributed by atoms with Gasteiger partial charge in [0.05, 0.1) is 0 Å². The minimum Gasteiger partial charge on any atom is -0.399 e. The fraction of sp³-hybridized carbons (Fsp3) is 0.167. The van der Waals surface area contributed by atoms with E-state index in [-0.39, 0.29) is 5.54 Å². The number of hydrogen-bond acceptors (Lipinski definition) is 3. The lowest BCUT2D eigenvalue weighted by molar-refractivity contribution is 0.634. The zero-order valence-corrected chi connectivity index (χ0v) is 16.4. The molecule has 3 aromatic carbocycles. The summed E-state index contributed by atoms with van der Waals surface area (Å²) in [5, 5.41) is 8.85. The molecule has 4 N–H and O–H groups in total. The van der Waals surface area contributed by atoms with Crippen molar-refractivity contribution in [2.45, 2.75) is 26.3 Å². The molecule has 0 amide bonds. The fourth-order valence-electron chi connectivity index (χ4n) is 2.34. The summed E-state index contributed by atoms with van der Waals surface area (Å²) in [7, 11) is 0. The van der Waals surface area contributed by atoms with Crippen LogP contribution in [0.3, 0.4) is 0 Å². The second kappa shape index (κ2) is 8.95. The second-order valence-electron chi connectivity index (χ2n) is 7.52. The third-order valence-electron chi connectivity index (χ3n) is 3.63. The monoisotopic (exact) mass is 359 g/mol. The third-order valence-corrected chi connectivity index (χ3v) is 3.63. The summed E-state index contributed by atoms with van der Waals surface area (Å²) < 4.78 is 0. The Labute approximate surface area is 162 Å². The van der Waals surface area contributed by atoms with Crippen LogP contribution in [0.15, 0.2) is 72.8 Å². The number of anilines is 4. The van der Waals surface area contributed by atoms with Crippen LogP contribution in [0.2, 0.25) is 0 Å². The third kappa shape index (κ3) is 7.70. The zero-order chi connectivity index (χ0) is 19.9. The highest BCUT2D eigenvalue weighted by atomic mass is 14.9. The van der Waals surface area contributed by atoms with Crippen molar-refractivity contribution in [3.63, 3.8) is 0 Å². The smallest absolute Gasteiger partial charge is 0.0385 e. The molecule has 3 aromatic rings. The van der Waals surface area contributed by atoms with Crippen LogP contribution in [0.4, 0.5) is 22.7 Å². The lowest BCUT2D eigenvalue weighted by Gasteiger charge is -2.22. The molecular weight excluding hydrogens is 330 g/mol. The van der Waals surface area contributed by atoms with Crippen molar-refractivity contribution < 1.29 is 0 Å². The quantitative estimate of drug-likeness (QED) is 0.593. The van der Waals surface area contributed by atoms with Crippen molar-refractivity contribution >= 4 is 35.9 Å². The van der Waals surface area contributed by atoms with Gasteiger partial charge in [0.25, 0.3) is 0 Å². The van der Waals surface area contributed by atoms with Crippen LogP contribution in [0.25, 0.3) is 13.2 Å². The molecule has 0 spiro atoms. The molecular formula is C24H29N3. The molecule has 0 fully saturated rings. The number of benzene rings is 3. The van der Waals surface area contributed by atoms with E-state index < -0.39 is 0 Å². The Morgan fingerprint density at radius 3 is 1.41 bits per heavy atom. The molecule has 3 heteroatoms. The van der Waals surface area contributed by atoms with Crippen LogP contribution in [0.1, 0.15) is 20.8 Å². The van der Waals surface area contributed by atoms with Crippen LogP contribution in [0, 0.1) is 0 Å². The predicted molar refractivity (Wildman–Crippen MR) is 121 cm³/mol. The van der Waals surface area contributed by atoms with Gasteiger partial charge in [0.15, 0.2) is 0 Å². The van der Waals surface area contributed by atoms with Crippen molar-refractivity contribution in [1.82, 2.24) is 0 Å². The molecule has 0 saturated heterocycles. The highest BCUT2D eigenvalue weighted by Crippen LogP contribution is 2.21. The normalized spacial score (nSPS) is 10.5. The van der Waals surface area contributed by atoms with E-state index in [2.05, 4.69) is 68.8 Å². The van der Waals surface area contributed by atoms with Crippen LogP contribution in [-0.4, -0.2) is 5.54 Å². The molecule has 3 rings (SSSR count). The van der Waals surface area contributed by atoms with Crippen molar-refractivity contribution in [1.29, 1.82) is 0 Å². The molecule has 0 aromatic heterocycles. The first-order chi connectivity index (χ1) is 12.7. The van der Waals surface area contributed by atoms with Gasteiger partial charge in [0.2, 0.25) is 0 Å². The van der Waals surface area contributed by atoms with Crippen molar-refractivity contribution in [3.8, 4) is 0 Å². The summed E-state index contributed by atoms with van der Waals surface area (Å²) in [5.74, 6) is 0. The molecule has 0 unspecified atom stereocenters. The van der Waals surface area contributed by atoms with Gasteiger partial charge in [-0.3, -0.25) is 0 Å². The molecule has 140 valence electrons. The number of nitrogens with one attached hydrogen (secondary N) is 2. The minimum absolute atomic E-state index is 0.0753. The summed E-state index contributed by atoms with van der Waals surface area (Å²) in [6, 6.07) is 23.8. The predicted octanol–water partition coefficient (Wildman–Crippen LogP) is 4.73. The van der Waals surface area contributed by atoms with Gasteiger partial charge in [0, 0.05) is 28.3 Å². The van der Waals surface area contributed by atoms with E-state index in [4.69, 9.17) is 5.73 Å². The van der Waals surface area contributed by atoms with E-state index in [0.29, 0.717) is 0 Å². The summed E-state index contributed by atoms with van der Waals surface area (Å²) in [5.41, 5.74) is 9.72. The Hall–Kier alpha value is -3.20. The van der Waals surface area contributed by atoms with E-state index in [1.165, 1.54) is 0 Å². The van der Waals surface area contributed by atoms with Gasteiger partial charge >= 0.3 is 0 Å². The first-order valence-electron chi connectivity index (χ1n) is 8.96. The largest absolute Gasteiger partial charge is 0.399 e. The molecule has 0 aliphatic rings. The van der Waals surface area contributed by atoms with E-state index in [1.807, 2.05) is 48.5 Å². The lowest BCUT2D eigenvalue weighted by Crippen LogP contribution is -2.25. The summed E-state index contributed by atoms with van der Waals surface area (Å²) in [4.78, 5) is 0. The molecule has 0 atom stereocenters. The van der Waals surface area contributed by atoms with Crippen LogP contribution >= 0.6 is 0 Å². The Kier molecular flexibility index (Phi) is 6.67. The van der Waals surface area contributed by atoms with Crippen molar-refractivity contribution in [3.05, 3.63) is 83.2 Å². The van der Waals surface area contributed by atoms with Gasteiger partial charge in [-0.1, -0.05) is 37.4 Å². The molecule has 0 saturated carbocycles. The maximum atomic E-state index is 5.66. The Balaban J connectivity index is 0.000000273. The van der Waals surface area contributed by atoms with Crippen LogP contribution in [-0.2, 0) is 0 Å². The fourth-order valence-corrected chi connectivity index (χ4v) is 2.34. The highest BCUT2D eigenvalue weighted by molar-refractivity contribution is 5.64. The van der Waals surface area contributed by atoms with Gasteiger partial charge < -0.3 is 16.4 Å². The summed E-state index contributed by atoms with van der Waals surface area (Å²) >= 11 is 0. The van der Waals surface area contributed by atoms with Gasteiger partial charge in [-0.15, -0.1) is 0 Å². The topological polar surface area (TPSA) is 50.1 Å². The summed E-state index contributed by atoms with van der Waals surface area (Å²) in [6.07, 6.45) is 0. The molecule has 0 aliphatic heterocycles. The van der Waals surface area contributed by atoms with Gasteiger partial charge in [-0.05, 0) is 79.7 Å². The van der Waals surface area contributed by atoms with Gasteiger partial charge in [-0.2, -0.15) is 0 Å². The van der Waals surface area contributed by atoms with E-state index in [0.717, 1.165) is 33.2 Å². The van der Waals surface area contributed by atoms with Crippen LogP contribution in [0.5, 0.6) is 0 Å². The molecule has 3 nitrogen and oxygen atoms in total. The Bertz CT molecular complexity index is 884. The van der Waals surface area contributed by atoms with E-state index in [1.54, 1.807) is 0 Å². The highest BCUT2D eigenvalue weighted by Gasteiger charge is 2.08.